The molecule has 6 heteroatoms. The molecule has 0 aliphatic carbocycles. The lowest BCUT2D eigenvalue weighted by molar-refractivity contribution is 0.356. The van der Waals surface area contributed by atoms with Crippen molar-refractivity contribution in [1.29, 1.82) is 0 Å². The number of likely N-dealkylation sites (N-methyl/N-ethyl adjacent to an activating group) is 1. The molecule has 0 bridgehead atoms. The predicted octanol–water partition coefficient (Wildman–Crippen LogP) is 3.43. The first-order valence-electron chi connectivity index (χ1n) is 8.91. The molecule has 1 aliphatic heterocycles. The Kier molecular flexibility index (Phi) is 4.73. The summed E-state index contributed by atoms with van der Waals surface area (Å²) in [5.41, 5.74) is 5.07. The van der Waals surface area contributed by atoms with E-state index in [9.17, 15) is 0 Å². The van der Waals surface area contributed by atoms with Crippen LogP contribution in [0.5, 0.6) is 11.5 Å². The highest BCUT2D eigenvalue weighted by molar-refractivity contribution is 5.95. The molecule has 0 spiro atoms. The summed E-state index contributed by atoms with van der Waals surface area (Å²) in [7, 11) is 5.37. The number of hydrogen-bond donors (Lipinski definition) is 0. The molecule has 138 valence electrons. The molecular weight excluding hydrogens is 340 g/mol. The fourth-order valence-corrected chi connectivity index (χ4v) is 3.36. The average molecular weight is 362 g/mol. The maximum atomic E-state index is 5.44. The summed E-state index contributed by atoms with van der Waals surface area (Å²) >= 11 is 0. The molecular formula is C21H22N4O2. The van der Waals surface area contributed by atoms with Gasteiger partial charge in [0.15, 0.2) is 11.5 Å². The molecule has 3 aromatic rings. The van der Waals surface area contributed by atoms with E-state index in [1.54, 1.807) is 20.4 Å². The van der Waals surface area contributed by atoms with E-state index < -0.39 is 0 Å². The first-order valence-corrected chi connectivity index (χ1v) is 8.91. The third kappa shape index (κ3) is 3.36. The molecule has 0 radical (unpaired) electrons. The van der Waals surface area contributed by atoms with E-state index in [4.69, 9.17) is 14.5 Å². The van der Waals surface area contributed by atoms with E-state index in [-0.39, 0.29) is 0 Å². The van der Waals surface area contributed by atoms with Crippen molar-refractivity contribution in [3.63, 3.8) is 0 Å². The Labute approximate surface area is 158 Å². The minimum absolute atomic E-state index is 0.638. The van der Waals surface area contributed by atoms with E-state index in [1.165, 1.54) is 5.57 Å². The molecule has 0 amide bonds. The molecule has 6 nitrogen and oxygen atoms in total. The van der Waals surface area contributed by atoms with Crippen molar-refractivity contribution in [1.82, 2.24) is 20.1 Å². The number of benzene rings is 1. The highest BCUT2D eigenvalue weighted by Gasteiger charge is 2.14. The fraction of sp³-hybridized carbons (Fsp3) is 0.286. The van der Waals surface area contributed by atoms with Crippen LogP contribution in [0.2, 0.25) is 0 Å². The number of nitrogens with zero attached hydrogens (tertiary/aromatic N) is 4. The number of pyridine rings is 1. The zero-order chi connectivity index (χ0) is 18.8. The summed E-state index contributed by atoms with van der Waals surface area (Å²) in [6.45, 7) is 2.04. The van der Waals surface area contributed by atoms with Crippen LogP contribution in [0.1, 0.15) is 12.1 Å². The highest BCUT2D eigenvalue weighted by atomic mass is 16.5. The van der Waals surface area contributed by atoms with Gasteiger partial charge in [0.1, 0.15) is 0 Å². The van der Waals surface area contributed by atoms with Gasteiger partial charge in [-0.15, -0.1) is 0 Å². The van der Waals surface area contributed by atoms with E-state index in [2.05, 4.69) is 40.4 Å². The largest absolute Gasteiger partial charge is 0.493 e. The molecule has 1 aliphatic rings. The first-order chi connectivity index (χ1) is 13.2. The third-order valence-electron chi connectivity index (χ3n) is 4.96. The quantitative estimate of drug-likeness (QED) is 0.709. The van der Waals surface area contributed by atoms with Gasteiger partial charge in [-0.25, -0.2) is 0 Å². The van der Waals surface area contributed by atoms with Gasteiger partial charge in [-0.05, 0) is 31.2 Å². The van der Waals surface area contributed by atoms with Crippen LogP contribution in [-0.2, 0) is 0 Å². The molecule has 0 fully saturated rings. The highest BCUT2D eigenvalue weighted by Crippen LogP contribution is 2.35. The summed E-state index contributed by atoms with van der Waals surface area (Å²) in [6.07, 6.45) is 6.95. The zero-order valence-corrected chi connectivity index (χ0v) is 15.8. The Bertz CT molecular complexity index is 999. The minimum atomic E-state index is 0.638. The molecule has 3 heterocycles. The molecule has 0 atom stereocenters. The molecule has 27 heavy (non-hydrogen) atoms. The van der Waals surface area contributed by atoms with Crippen LogP contribution in [0.3, 0.4) is 0 Å². The lowest BCUT2D eigenvalue weighted by atomic mass is 10.0. The molecule has 0 N–H and O–H groups in total. The van der Waals surface area contributed by atoms with E-state index in [0.29, 0.717) is 11.5 Å². The van der Waals surface area contributed by atoms with Gasteiger partial charge in [0.25, 0.3) is 0 Å². The SMILES string of the molecule is COc1cc2nncc(-c3ccc(C4=CCN(C)CC4)nc3)c2cc1OC. The zero-order valence-electron chi connectivity index (χ0n) is 15.8. The van der Waals surface area contributed by atoms with Gasteiger partial charge in [-0.1, -0.05) is 12.1 Å². The molecule has 0 saturated carbocycles. The lowest BCUT2D eigenvalue weighted by Gasteiger charge is -2.21. The Morgan fingerprint density at radius 2 is 1.85 bits per heavy atom. The van der Waals surface area contributed by atoms with E-state index in [0.717, 1.165) is 47.2 Å². The molecule has 2 aromatic heterocycles. The number of aromatic nitrogens is 3. The standard InChI is InChI=1S/C21H22N4O2/c1-25-8-6-14(7-9-25)18-5-4-15(12-22-18)17-13-23-24-19-11-21(27-3)20(26-2)10-16(17)19/h4-6,10-13H,7-9H2,1-3H3. The second-order valence-electron chi connectivity index (χ2n) is 6.66. The van der Waals surface area contributed by atoms with Crippen LogP contribution in [0, 0.1) is 0 Å². The van der Waals surface area contributed by atoms with Crippen molar-refractivity contribution in [2.75, 3.05) is 34.4 Å². The first kappa shape index (κ1) is 17.4. The van der Waals surface area contributed by atoms with Crippen molar-refractivity contribution in [3.8, 4) is 22.6 Å². The van der Waals surface area contributed by atoms with Crippen molar-refractivity contribution in [2.24, 2.45) is 0 Å². The van der Waals surface area contributed by atoms with E-state index in [1.807, 2.05) is 18.3 Å². The van der Waals surface area contributed by atoms with Gasteiger partial charge in [-0.3, -0.25) is 4.98 Å². The van der Waals surface area contributed by atoms with Crippen LogP contribution >= 0.6 is 0 Å². The molecule has 1 aromatic carbocycles. The topological polar surface area (TPSA) is 60.4 Å². The number of rotatable bonds is 4. The average Bonchev–Trinajstić information content (AvgIpc) is 2.73. The second-order valence-corrected chi connectivity index (χ2v) is 6.66. The van der Waals surface area contributed by atoms with Crippen molar-refractivity contribution in [3.05, 3.63) is 48.4 Å². The molecule has 0 saturated heterocycles. The number of fused-ring (bicyclic) bond motifs is 1. The number of ether oxygens (including phenoxy) is 2. The summed E-state index contributed by atoms with van der Waals surface area (Å²) in [6, 6.07) is 7.95. The minimum Gasteiger partial charge on any atom is -0.493 e. The second kappa shape index (κ2) is 7.32. The smallest absolute Gasteiger partial charge is 0.162 e. The maximum Gasteiger partial charge on any atom is 0.162 e. The van der Waals surface area contributed by atoms with Crippen molar-refractivity contribution in [2.45, 2.75) is 6.42 Å². The summed E-state index contributed by atoms with van der Waals surface area (Å²) in [4.78, 5) is 7.00. The van der Waals surface area contributed by atoms with Crippen LogP contribution < -0.4 is 9.47 Å². The Morgan fingerprint density at radius 3 is 2.52 bits per heavy atom. The Hall–Kier alpha value is -2.99. The van der Waals surface area contributed by atoms with Crippen LogP contribution in [0.25, 0.3) is 27.6 Å². The van der Waals surface area contributed by atoms with Crippen LogP contribution in [0.4, 0.5) is 0 Å². The Balaban J connectivity index is 1.74. The Morgan fingerprint density at radius 1 is 1.04 bits per heavy atom. The van der Waals surface area contributed by atoms with Crippen LogP contribution in [-0.4, -0.2) is 54.4 Å². The molecule has 0 unspecified atom stereocenters. The fourth-order valence-electron chi connectivity index (χ4n) is 3.36. The third-order valence-corrected chi connectivity index (χ3v) is 4.96. The van der Waals surface area contributed by atoms with Crippen LogP contribution in [0.15, 0.2) is 42.7 Å². The van der Waals surface area contributed by atoms with Gasteiger partial charge in [0.2, 0.25) is 0 Å². The maximum absolute atomic E-state index is 5.44. The normalized spacial score (nSPS) is 14.9. The molecule has 4 rings (SSSR count). The van der Waals surface area contributed by atoms with Gasteiger partial charge in [0.05, 0.1) is 31.6 Å². The summed E-state index contributed by atoms with van der Waals surface area (Å²) in [5, 5.41) is 9.33. The van der Waals surface area contributed by atoms with Crippen molar-refractivity contribution < 1.29 is 9.47 Å². The number of methoxy groups -OCH3 is 2. The summed E-state index contributed by atoms with van der Waals surface area (Å²) < 4.78 is 10.8. The monoisotopic (exact) mass is 362 g/mol. The number of hydrogen-bond acceptors (Lipinski definition) is 6. The van der Waals surface area contributed by atoms with E-state index >= 15 is 0 Å². The summed E-state index contributed by atoms with van der Waals surface area (Å²) in [5.74, 6) is 1.31. The van der Waals surface area contributed by atoms with Gasteiger partial charge >= 0.3 is 0 Å². The van der Waals surface area contributed by atoms with Gasteiger partial charge in [-0.2, -0.15) is 10.2 Å². The van der Waals surface area contributed by atoms with Crippen molar-refractivity contribution >= 4 is 16.5 Å². The predicted molar refractivity (Wildman–Crippen MR) is 106 cm³/mol. The lowest BCUT2D eigenvalue weighted by Crippen LogP contribution is -2.23. The van der Waals surface area contributed by atoms with Gasteiger partial charge < -0.3 is 14.4 Å². The van der Waals surface area contributed by atoms with Gasteiger partial charge in [0, 0.05) is 41.9 Å².